The van der Waals surface area contributed by atoms with Gasteiger partial charge in [0.1, 0.15) is 0 Å². The van der Waals surface area contributed by atoms with Crippen molar-refractivity contribution in [1.29, 1.82) is 0 Å². The van der Waals surface area contributed by atoms with E-state index < -0.39 is 11.9 Å². The molecule has 1 heterocycles. The van der Waals surface area contributed by atoms with Crippen LogP contribution in [-0.2, 0) is 4.79 Å². The summed E-state index contributed by atoms with van der Waals surface area (Å²) in [5.41, 5.74) is 0.581. The smallest absolute Gasteiger partial charge is 0.308 e. The number of halogens is 1. The Balaban J connectivity index is 2.01. The molecule has 0 aromatic carbocycles. The van der Waals surface area contributed by atoms with Gasteiger partial charge in [-0.2, -0.15) is 0 Å². The molecule has 1 aliphatic rings. The summed E-state index contributed by atoms with van der Waals surface area (Å²) >= 11 is 4.73. The Bertz CT molecular complexity index is 446. The highest BCUT2D eigenvalue weighted by Crippen LogP contribution is 2.27. The third-order valence-electron chi connectivity index (χ3n) is 2.98. The molecule has 0 radical (unpaired) electrons. The number of amides is 1. The molecular weight excluding hydrogens is 306 g/mol. The summed E-state index contributed by atoms with van der Waals surface area (Å²) in [7, 11) is 0. The lowest BCUT2D eigenvalue weighted by molar-refractivity contribution is -0.142. The van der Waals surface area contributed by atoms with Crippen LogP contribution in [0.2, 0.25) is 0 Å². The Morgan fingerprint density at radius 2 is 2.24 bits per heavy atom. The summed E-state index contributed by atoms with van der Waals surface area (Å²) in [6.07, 6.45) is 2.25. The summed E-state index contributed by atoms with van der Waals surface area (Å²) < 4.78 is 0.892. The molecule has 1 aromatic heterocycles. The van der Waals surface area contributed by atoms with Crippen LogP contribution < -0.4 is 5.32 Å². The molecule has 0 spiro atoms. The molecule has 2 rings (SSSR count). The molecule has 0 aliphatic heterocycles. The summed E-state index contributed by atoms with van der Waals surface area (Å²) in [5.74, 6) is -1.45. The van der Waals surface area contributed by atoms with Gasteiger partial charge in [-0.05, 0) is 34.8 Å². The topological polar surface area (TPSA) is 66.4 Å². The highest BCUT2D eigenvalue weighted by atomic mass is 79.9. The number of nitrogens with one attached hydrogen (secondary N) is 1. The van der Waals surface area contributed by atoms with Crippen LogP contribution in [0.25, 0.3) is 0 Å². The van der Waals surface area contributed by atoms with Gasteiger partial charge >= 0.3 is 5.97 Å². The van der Waals surface area contributed by atoms with Gasteiger partial charge in [0.15, 0.2) is 0 Å². The largest absolute Gasteiger partial charge is 0.481 e. The number of carbonyl (C=O) groups excluding carboxylic acids is 1. The second-order valence-electron chi connectivity index (χ2n) is 4.10. The van der Waals surface area contributed by atoms with Crippen molar-refractivity contribution in [3.8, 4) is 0 Å². The van der Waals surface area contributed by atoms with Crippen LogP contribution in [0.3, 0.4) is 0 Å². The lowest BCUT2D eigenvalue weighted by Crippen LogP contribution is -2.40. The number of thiophene rings is 1. The molecular formula is C11H12BrNO3S. The lowest BCUT2D eigenvalue weighted by atomic mass is 10.0. The van der Waals surface area contributed by atoms with E-state index in [2.05, 4.69) is 21.2 Å². The fourth-order valence-corrected chi connectivity index (χ4v) is 3.25. The van der Waals surface area contributed by atoms with Gasteiger partial charge in [0.2, 0.25) is 0 Å². The van der Waals surface area contributed by atoms with Gasteiger partial charge in [0.05, 0.1) is 15.3 Å². The normalized spacial score (nSPS) is 23.6. The van der Waals surface area contributed by atoms with Crippen molar-refractivity contribution in [2.45, 2.75) is 25.3 Å². The molecule has 1 aromatic rings. The predicted molar refractivity (Wildman–Crippen MR) is 68.3 cm³/mol. The minimum absolute atomic E-state index is 0.190. The fourth-order valence-electron chi connectivity index (χ4n) is 2.11. The van der Waals surface area contributed by atoms with Crippen molar-refractivity contribution in [2.24, 2.45) is 5.92 Å². The number of hydrogen-bond donors (Lipinski definition) is 2. The van der Waals surface area contributed by atoms with Crippen molar-refractivity contribution in [2.75, 3.05) is 0 Å². The molecule has 1 saturated carbocycles. The van der Waals surface area contributed by atoms with E-state index in [1.807, 2.05) is 0 Å². The van der Waals surface area contributed by atoms with Crippen LogP contribution in [0.15, 0.2) is 15.2 Å². The standard InChI is InChI=1S/C11H12BrNO3S/c12-9-4-6(5-17-9)10(14)13-8-3-1-2-7(8)11(15)16/h4-5,7-8H,1-3H2,(H,13,14)(H,15,16)/t7-,8+/m1/s1. The summed E-state index contributed by atoms with van der Waals surface area (Å²) in [6, 6.07) is 1.50. The van der Waals surface area contributed by atoms with E-state index in [0.717, 1.165) is 16.6 Å². The van der Waals surface area contributed by atoms with Gasteiger partial charge in [0.25, 0.3) is 5.91 Å². The van der Waals surface area contributed by atoms with E-state index in [1.165, 1.54) is 11.3 Å². The van der Waals surface area contributed by atoms with Gasteiger partial charge in [-0.25, -0.2) is 0 Å². The molecule has 92 valence electrons. The summed E-state index contributed by atoms with van der Waals surface area (Å²) in [5, 5.41) is 13.6. The maximum absolute atomic E-state index is 11.9. The van der Waals surface area contributed by atoms with Crippen LogP contribution in [0.4, 0.5) is 0 Å². The number of aliphatic carboxylic acids is 1. The first-order valence-electron chi connectivity index (χ1n) is 5.35. The third kappa shape index (κ3) is 2.87. The molecule has 17 heavy (non-hydrogen) atoms. The van der Waals surface area contributed by atoms with E-state index in [0.29, 0.717) is 12.0 Å². The second kappa shape index (κ2) is 5.18. The first kappa shape index (κ1) is 12.6. The van der Waals surface area contributed by atoms with E-state index >= 15 is 0 Å². The summed E-state index contributed by atoms with van der Waals surface area (Å²) in [6.45, 7) is 0. The Morgan fingerprint density at radius 3 is 2.82 bits per heavy atom. The van der Waals surface area contributed by atoms with Crippen LogP contribution in [0, 0.1) is 5.92 Å². The summed E-state index contributed by atoms with van der Waals surface area (Å²) in [4.78, 5) is 22.8. The molecule has 2 atom stereocenters. The van der Waals surface area contributed by atoms with E-state index in [9.17, 15) is 9.59 Å². The van der Waals surface area contributed by atoms with Gasteiger partial charge in [0, 0.05) is 11.4 Å². The van der Waals surface area contributed by atoms with Crippen molar-refractivity contribution < 1.29 is 14.7 Å². The van der Waals surface area contributed by atoms with E-state index in [4.69, 9.17) is 5.11 Å². The molecule has 1 amide bonds. The van der Waals surface area contributed by atoms with Crippen molar-refractivity contribution in [3.63, 3.8) is 0 Å². The molecule has 0 unspecified atom stereocenters. The zero-order valence-electron chi connectivity index (χ0n) is 8.98. The average Bonchev–Trinajstić information content (AvgIpc) is 2.86. The molecule has 4 nitrogen and oxygen atoms in total. The second-order valence-corrected chi connectivity index (χ2v) is 6.39. The molecule has 6 heteroatoms. The maximum Gasteiger partial charge on any atom is 0.308 e. The van der Waals surface area contributed by atoms with Crippen LogP contribution >= 0.6 is 27.3 Å². The van der Waals surface area contributed by atoms with Crippen molar-refractivity contribution in [1.82, 2.24) is 5.32 Å². The minimum Gasteiger partial charge on any atom is -0.481 e. The van der Waals surface area contributed by atoms with Crippen LogP contribution in [0.5, 0.6) is 0 Å². The van der Waals surface area contributed by atoms with Crippen molar-refractivity contribution in [3.05, 3.63) is 20.8 Å². The zero-order valence-corrected chi connectivity index (χ0v) is 11.4. The van der Waals surface area contributed by atoms with Crippen molar-refractivity contribution >= 4 is 39.1 Å². The third-order valence-corrected chi connectivity index (χ3v) is 4.48. The zero-order chi connectivity index (χ0) is 12.4. The van der Waals surface area contributed by atoms with Gasteiger partial charge in [-0.15, -0.1) is 11.3 Å². The van der Waals surface area contributed by atoms with Crippen LogP contribution in [0.1, 0.15) is 29.6 Å². The molecule has 0 bridgehead atoms. The number of carboxylic acids is 1. The Hall–Kier alpha value is -0.880. The quantitative estimate of drug-likeness (QED) is 0.900. The number of hydrogen-bond acceptors (Lipinski definition) is 3. The highest BCUT2D eigenvalue weighted by molar-refractivity contribution is 9.11. The van der Waals surface area contributed by atoms with Crippen LogP contribution in [-0.4, -0.2) is 23.0 Å². The Kier molecular flexibility index (Phi) is 3.83. The maximum atomic E-state index is 11.9. The SMILES string of the molecule is O=C(N[C@H]1CCC[C@H]1C(=O)O)c1csc(Br)c1. The first-order valence-corrected chi connectivity index (χ1v) is 7.03. The first-order chi connectivity index (χ1) is 8.08. The lowest BCUT2D eigenvalue weighted by Gasteiger charge is -2.16. The number of rotatable bonds is 3. The molecule has 1 aliphatic carbocycles. The number of carbonyl (C=O) groups is 2. The van der Waals surface area contributed by atoms with E-state index in [1.54, 1.807) is 11.4 Å². The van der Waals surface area contributed by atoms with Gasteiger partial charge < -0.3 is 10.4 Å². The Labute approximate surface area is 111 Å². The Morgan fingerprint density at radius 1 is 1.47 bits per heavy atom. The van der Waals surface area contributed by atoms with Gasteiger partial charge in [-0.3, -0.25) is 9.59 Å². The minimum atomic E-state index is -0.820. The molecule has 1 fully saturated rings. The molecule has 2 N–H and O–H groups in total. The monoisotopic (exact) mass is 317 g/mol. The number of carboxylic acid groups (broad SMARTS) is 1. The highest BCUT2D eigenvalue weighted by Gasteiger charge is 2.34. The fraction of sp³-hybridized carbons (Fsp3) is 0.455. The average molecular weight is 318 g/mol. The van der Waals surface area contributed by atoms with E-state index in [-0.39, 0.29) is 11.9 Å². The molecule has 0 saturated heterocycles. The predicted octanol–water partition coefficient (Wildman–Crippen LogP) is 2.49. The van der Waals surface area contributed by atoms with Gasteiger partial charge in [-0.1, -0.05) is 6.42 Å².